The number of aliphatic hydroxyl groups is 1. The molecule has 170 valence electrons. The van der Waals surface area contributed by atoms with Crippen LogP contribution in [0.2, 0.25) is 0 Å². The largest absolute Gasteiger partial charge is 0.497 e. The first kappa shape index (κ1) is 30.4. The zero-order chi connectivity index (χ0) is 22.4. The van der Waals surface area contributed by atoms with Gasteiger partial charge in [-0.1, -0.05) is 68.1 Å². The molecule has 0 unspecified atom stereocenters. The van der Waals surface area contributed by atoms with E-state index in [1.54, 1.807) is 7.11 Å². The van der Waals surface area contributed by atoms with E-state index in [-0.39, 0.29) is 46.5 Å². The first-order valence-electron chi connectivity index (χ1n) is 10.2. The topological polar surface area (TPSA) is 47.9 Å². The average molecular weight is 498 g/mol. The minimum atomic E-state index is -0.175. The number of benzene rings is 2. The summed E-state index contributed by atoms with van der Waals surface area (Å²) in [5.74, 6) is 1.23. The molecule has 1 N–H and O–H groups in total. The maximum atomic E-state index is 10.1. The first-order chi connectivity index (χ1) is 14.5. The molecule has 0 aliphatic carbocycles. The van der Waals surface area contributed by atoms with Gasteiger partial charge in [0.25, 0.3) is 0 Å². The van der Waals surface area contributed by atoms with Crippen LogP contribution in [0.1, 0.15) is 31.9 Å². The summed E-state index contributed by atoms with van der Waals surface area (Å²) in [6.45, 7) is 7.49. The fourth-order valence-electron chi connectivity index (χ4n) is 3.20. The predicted octanol–water partition coefficient (Wildman–Crippen LogP) is 5.08. The molecule has 0 aliphatic rings. The Hall–Kier alpha value is -0.646. The summed E-state index contributed by atoms with van der Waals surface area (Å²) >= 11 is 3.89. The van der Waals surface area contributed by atoms with Gasteiger partial charge in [-0.05, 0) is 50.5 Å². The molecule has 31 heavy (non-hydrogen) atoms. The summed E-state index contributed by atoms with van der Waals surface area (Å²) in [7, 11) is 4.21. The van der Waals surface area contributed by atoms with Gasteiger partial charge in [-0.3, -0.25) is 0 Å². The number of methoxy groups -OCH3 is 1. The fraction of sp³-hybridized carbons (Fsp3) is 0.500. The summed E-state index contributed by atoms with van der Waals surface area (Å²) < 4.78 is 17.6. The number of aliphatic hydroxyl groups excluding tert-OH is 1. The van der Waals surface area contributed by atoms with Gasteiger partial charge < -0.3 is 19.3 Å². The van der Waals surface area contributed by atoms with Crippen LogP contribution in [0.15, 0.2) is 54.6 Å². The molecule has 7 heteroatoms. The third kappa shape index (κ3) is 11.7. The maximum absolute atomic E-state index is 10.1. The summed E-state index contributed by atoms with van der Waals surface area (Å²) in [4.78, 5) is 0. The molecule has 0 aliphatic heterocycles. The molecule has 0 fully saturated rings. The minimum Gasteiger partial charge on any atom is -0.497 e. The Labute approximate surface area is 209 Å². The Morgan fingerprint density at radius 2 is 1.52 bits per heavy atom. The van der Waals surface area contributed by atoms with E-state index in [4.69, 9.17) is 14.2 Å². The normalized spacial score (nSPS) is 13.4. The van der Waals surface area contributed by atoms with Crippen LogP contribution in [0.25, 0.3) is 0 Å². The molecule has 0 heterocycles. The van der Waals surface area contributed by atoms with Crippen LogP contribution >= 0.6 is 8.02 Å². The van der Waals surface area contributed by atoms with Gasteiger partial charge in [-0.15, -0.1) is 0 Å². The van der Waals surface area contributed by atoms with Crippen molar-refractivity contribution in [1.82, 2.24) is 0 Å². The van der Waals surface area contributed by atoms with Crippen LogP contribution in [0.5, 0.6) is 5.75 Å². The van der Waals surface area contributed by atoms with E-state index >= 15 is 0 Å². The van der Waals surface area contributed by atoms with Crippen LogP contribution in [-0.4, -0.2) is 37.6 Å². The van der Waals surface area contributed by atoms with Crippen molar-refractivity contribution in [3.8, 4) is 5.75 Å². The molecular weight excluding hydrogens is 463 g/mol. The van der Waals surface area contributed by atoms with Gasteiger partial charge in [-0.2, -0.15) is 0 Å². The standard InChI is InChI=1S/C24H34O4.HPS.Ti/c1-18(2)16-28-24(22(15-25)14-20-8-6-5-7-9-20)19(3)27-17-21-10-12-23(26-4)13-11-21;1-2;/h5-13,18-19,22,24-25H,14-17H2,1-4H3;1H;/t19-,22-,24-;;/m0../s1. The molecule has 0 bridgehead atoms. The molecule has 3 atom stereocenters. The van der Waals surface area contributed by atoms with Crippen molar-refractivity contribution in [3.63, 3.8) is 0 Å². The third-order valence-corrected chi connectivity index (χ3v) is 4.80. The Bertz CT molecular complexity index is 688. The van der Waals surface area contributed by atoms with Crippen molar-refractivity contribution >= 4 is 19.8 Å². The number of hydrogen-bond acceptors (Lipinski definition) is 5. The van der Waals surface area contributed by atoms with Crippen molar-refractivity contribution < 1.29 is 41.0 Å². The Balaban J connectivity index is 0.00000291. The SMILES string of the molecule is COc1ccc(CO[C@@H](C)[C@H](OCC(C)C)[C@H](CO)Cc2ccccc2)cc1.P=S.[Ti]. The summed E-state index contributed by atoms with van der Waals surface area (Å²) in [6, 6.07) is 18.1. The van der Waals surface area contributed by atoms with Crippen molar-refractivity contribution in [2.45, 2.75) is 46.0 Å². The van der Waals surface area contributed by atoms with Crippen LogP contribution < -0.4 is 4.74 Å². The third-order valence-electron chi connectivity index (χ3n) is 4.80. The minimum absolute atomic E-state index is 0. The number of ether oxygens (including phenoxy) is 3. The molecule has 2 rings (SSSR count). The van der Waals surface area contributed by atoms with Gasteiger partial charge in [0.2, 0.25) is 0 Å². The van der Waals surface area contributed by atoms with Gasteiger partial charge in [0.05, 0.1) is 25.9 Å². The van der Waals surface area contributed by atoms with Crippen molar-refractivity contribution in [2.24, 2.45) is 11.8 Å². The smallest absolute Gasteiger partial charge is 0.118 e. The van der Waals surface area contributed by atoms with E-state index in [2.05, 4.69) is 45.8 Å². The van der Waals surface area contributed by atoms with Gasteiger partial charge >= 0.3 is 0 Å². The summed E-state index contributed by atoms with van der Waals surface area (Å²) in [5, 5.41) is 10.1. The van der Waals surface area contributed by atoms with Gasteiger partial charge in [0, 0.05) is 40.8 Å². The summed E-state index contributed by atoms with van der Waals surface area (Å²) in [5.41, 5.74) is 2.28. The van der Waals surface area contributed by atoms with Crippen molar-refractivity contribution in [2.75, 3.05) is 20.3 Å². The fourth-order valence-corrected chi connectivity index (χ4v) is 3.20. The monoisotopic (exact) mass is 498 g/mol. The zero-order valence-electron chi connectivity index (χ0n) is 18.9. The average Bonchev–Trinajstić information content (AvgIpc) is 2.79. The summed E-state index contributed by atoms with van der Waals surface area (Å²) in [6.07, 6.45) is 0.448. The predicted molar refractivity (Wildman–Crippen MR) is 128 cm³/mol. The molecule has 2 aromatic rings. The molecule has 0 spiro atoms. The Morgan fingerprint density at radius 1 is 0.903 bits per heavy atom. The molecular formula is C24H35O4PSTi. The maximum Gasteiger partial charge on any atom is 0.118 e. The van der Waals surface area contributed by atoms with Crippen LogP contribution in [0.4, 0.5) is 0 Å². The van der Waals surface area contributed by atoms with Gasteiger partial charge in [0.1, 0.15) is 5.75 Å². The molecule has 0 radical (unpaired) electrons. The molecule has 0 amide bonds. The molecule has 0 aromatic heterocycles. The van der Waals surface area contributed by atoms with E-state index < -0.39 is 0 Å². The van der Waals surface area contributed by atoms with Crippen molar-refractivity contribution in [3.05, 3.63) is 65.7 Å². The van der Waals surface area contributed by atoms with Gasteiger partial charge in [-0.25, -0.2) is 0 Å². The van der Waals surface area contributed by atoms with Gasteiger partial charge in [0.15, 0.2) is 0 Å². The zero-order valence-corrected chi connectivity index (χ0v) is 22.3. The Kier molecular flexibility index (Phi) is 17.5. The van der Waals surface area contributed by atoms with E-state index in [0.29, 0.717) is 19.1 Å². The molecule has 0 saturated heterocycles. The van der Waals surface area contributed by atoms with E-state index in [1.807, 2.05) is 49.4 Å². The van der Waals surface area contributed by atoms with E-state index in [1.165, 1.54) is 5.56 Å². The number of hydrogen-bond donors (Lipinski definition) is 1. The number of rotatable bonds is 12. The Morgan fingerprint density at radius 3 is 2.03 bits per heavy atom. The van der Waals surface area contributed by atoms with Crippen LogP contribution in [0, 0.1) is 11.8 Å². The molecule has 4 nitrogen and oxygen atoms in total. The van der Waals surface area contributed by atoms with Crippen molar-refractivity contribution in [1.29, 1.82) is 0 Å². The van der Waals surface area contributed by atoms with Crippen LogP contribution in [-0.2, 0) is 56.0 Å². The van der Waals surface area contributed by atoms with E-state index in [9.17, 15) is 5.11 Å². The second kappa shape index (κ2) is 17.9. The first-order valence-corrected chi connectivity index (χ1v) is 11.9. The molecule has 0 saturated carbocycles. The quantitative estimate of drug-likeness (QED) is 0.327. The molecule has 2 aromatic carbocycles. The second-order valence-electron chi connectivity index (χ2n) is 7.69. The van der Waals surface area contributed by atoms with E-state index in [0.717, 1.165) is 17.7 Å². The second-order valence-corrected chi connectivity index (χ2v) is 7.69. The van der Waals surface area contributed by atoms with Crippen LogP contribution in [0.3, 0.4) is 0 Å².